The summed E-state index contributed by atoms with van der Waals surface area (Å²) in [4.78, 5) is 0. The summed E-state index contributed by atoms with van der Waals surface area (Å²) in [6.45, 7) is 19.7. The van der Waals surface area contributed by atoms with Gasteiger partial charge in [0.1, 0.15) is 0 Å². The molecule has 4 saturated carbocycles. The molecular formula is C30H52O. The fourth-order valence-electron chi connectivity index (χ4n) is 9.82. The van der Waals surface area contributed by atoms with E-state index in [1.807, 2.05) is 0 Å². The first-order valence-electron chi connectivity index (χ1n) is 13.9. The largest absolute Gasteiger partial charge is 0.393 e. The molecule has 1 heteroatoms. The Morgan fingerprint density at radius 1 is 0.839 bits per heavy atom. The first-order chi connectivity index (χ1) is 14.5. The third-order valence-corrected chi connectivity index (χ3v) is 12.1. The SMILES string of the molecule is C/C(=C\[C@@H](C)[C@@H]1CC[C@H]2[C@H]3CC[C@H]4[C@H](C)[C@H](O)CC[C@@]4(C)[C@@H]3CC[C@]21C)[C@H](C)C(C)C. The van der Waals surface area contributed by atoms with Crippen molar-refractivity contribution in [2.24, 2.45) is 64.1 Å². The Morgan fingerprint density at radius 2 is 1.45 bits per heavy atom. The molecule has 4 aliphatic rings. The summed E-state index contributed by atoms with van der Waals surface area (Å²) in [5.74, 6) is 7.05. The standard InChI is InChI=1S/C30H52O/c1-18(2)21(5)19(3)17-20(4)24-11-12-26-23-9-10-25-22(6)28(31)14-16-30(25,8)27(23)13-15-29(24,26)7/h17-18,20-28,31H,9-16H2,1-8H3/b19-17+/t20-,21-,22+,23-,24+,25+,26+,27-,28-,29+,30-/m1/s1. The molecule has 0 unspecified atom stereocenters. The number of hydrogen-bond acceptors (Lipinski definition) is 1. The van der Waals surface area contributed by atoms with Gasteiger partial charge in [-0.15, -0.1) is 0 Å². The van der Waals surface area contributed by atoms with Crippen LogP contribution in [0.5, 0.6) is 0 Å². The van der Waals surface area contributed by atoms with Crippen LogP contribution < -0.4 is 0 Å². The van der Waals surface area contributed by atoms with E-state index in [2.05, 4.69) is 61.5 Å². The monoisotopic (exact) mass is 428 g/mol. The van der Waals surface area contributed by atoms with Crippen molar-refractivity contribution >= 4 is 0 Å². The number of rotatable bonds is 4. The maximum Gasteiger partial charge on any atom is 0.0568 e. The van der Waals surface area contributed by atoms with Crippen molar-refractivity contribution in [3.63, 3.8) is 0 Å². The van der Waals surface area contributed by atoms with Crippen LogP contribution in [0.25, 0.3) is 0 Å². The summed E-state index contributed by atoms with van der Waals surface area (Å²) in [6.07, 6.45) is 13.5. The normalized spacial score (nSPS) is 49.9. The molecule has 178 valence electrons. The van der Waals surface area contributed by atoms with Crippen LogP contribution in [0.2, 0.25) is 0 Å². The van der Waals surface area contributed by atoms with Crippen molar-refractivity contribution in [2.45, 2.75) is 113 Å². The highest BCUT2D eigenvalue weighted by atomic mass is 16.3. The first-order valence-corrected chi connectivity index (χ1v) is 13.9. The van der Waals surface area contributed by atoms with E-state index in [1.54, 1.807) is 5.57 Å². The summed E-state index contributed by atoms with van der Waals surface area (Å²) in [7, 11) is 0. The molecular weight excluding hydrogens is 376 g/mol. The lowest BCUT2D eigenvalue weighted by atomic mass is 9.43. The molecule has 1 N–H and O–H groups in total. The number of fused-ring (bicyclic) bond motifs is 5. The quantitative estimate of drug-likeness (QED) is 0.448. The molecule has 11 atom stereocenters. The number of aliphatic hydroxyl groups is 1. The zero-order valence-electron chi connectivity index (χ0n) is 22.0. The number of hydrogen-bond donors (Lipinski definition) is 1. The highest BCUT2D eigenvalue weighted by molar-refractivity contribution is 5.13. The van der Waals surface area contributed by atoms with E-state index in [0.29, 0.717) is 28.6 Å². The molecule has 1 nitrogen and oxygen atoms in total. The number of allylic oxidation sites excluding steroid dienone is 2. The van der Waals surface area contributed by atoms with E-state index in [9.17, 15) is 5.11 Å². The van der Waals surface area contributed by atoms with Gasteiger partial charge < -0.3 is 5.11 Å². The van der Waals surface area contributed by atoms with E-state index in [0.717, 1.165) is 41.9 Å². The maximum absolute atomic E-state index is 10.6. The van der Waals surface area contributed by atoms with Crippen LogP contribution in [-0.4, -0.2) is 11.2 Å². The average molecular weight is 429 g/mol. The van der Waals surface area contributed by atoms with Gasteiger partial charge in [0, 0.05) is 0 Å². The molecule has 0 saturated heterocycles. The molecule has 0 heterocycles. The van der Waals surface area contributed by atoms with Crippen LogP contribution >= 0.6 is 0 Å². The Morgan fingerprint density at radius 3 is 2.13 bits per heavy atom. The summed E-state index contributed by atoms with van der Waals surface area (Å²) in [6, 6.07) is 0. The van der Waals surface area contributed by atoms with Gasteiger partial charge in [0.2, 0.25) is 0 Å². The second-order valence-electron chi connectivity index (χ2n) is 13.6. The van der Waals surface area contributed by atoms with Gasteiger partial charge in [-0.25, -0.2) is 0 Å². The Bertz CT molecular complexity index is 678. The summed E-state index contributed by atoms with van der Waals surface area (Å²) < 4.78 is 0. The highest BCUT2D eigenvalue weighted by Gasteiger charge is 2.61. The Balaban J connectivity index is 1.53. The van der Waals surface area contributed by atoms with Crippen molar-refractivity contribution in [3.8, 4) is 0 Å². The molecule has 4 aliphatic carbocycles. The predicted molar refractivity (Wildman–Crippen MR) is 133 cm³/mol. The molecule has 0 aromatic carbocycles. The van der Waals surface area contributed by atoms with E-state index in [4.69, 9.17) is 0 Å². The molecule has 4 fully saturated rings. The van der Waals surface area contributed by atoms with Gasteiger partial charge in [-0.1, -0.05) is 60.1 Å². The van der Waals surface area contributed by atoms with Crippen LogP contribution in [0, 0.1) is 64.1 Å². The van der Waals surface area contributed by atoms with Gasteiger partial charge in [-0.05, 0) is 122 Å². The molecule has 0 bridgehead atoms. The zero-order valence-corrected chi connectivity index (χ0v) is 22.0. The summed E-state index contributed by atoms with van der Waals surface area (Å²) >= 11 is 0. The van der Waals surface area contributed by atoms with E-state index in [-0.39, 0.29) is 6.10 Å². The van der Waals surface area contributed by atoms with Crippen molar-refractivity contribution in [2.75, 3.05) is 0 Å². The van der Waals surface area contributed by atoms with Crippen LogP contribution in [0.15, 0.2) is 11.6 Å². The molecule has 0 aromatic rings. The molecule has 31 heavy (non-hydrogen) atoms. The third kappa shape index (κ3) is 3.77. The van der Waals surface area contributed by atoms with Crippen molar-refractivity contribution in [3.05, 3.63) is 11.6 Å². The van der Waals surface area contributed by atoms with Crippen LogP contribution in [0.1, 0.15) is 107 Å². The van der Waals surface area contributed by atoms with Gasteiger partial charge in [0.05, 0.1) is 6.10 Å². The minimum Gasteiger partial charge on any atom is -0.393 e. The molecule has 0 spiro atoms. The molecule has 0 radical (unpaired) electrons. The molecule has 0 aromatic heterocycles. The third-order valence-electron chi connectivity index (χ3n) is 12.1. The van der Waals surface area contributed by atoms with E-state index in [1.165, 1.54) is 44.9 Å². The van der Waals surface area contributed by atoms with E-state index >= 15 is 0 Å². The topological polar surface area (TPSA) is 20.2 Å². The van der Waals surface area contributed by atoms with Gasteiger partial charge in [0.25, 0.3) is 0 Å². The van der Waals surface area contributed by atoms with E-state index < -0.39 is 0 Å². The lowest BCUT2D eigenvalue weighted by Gasteiger charge is -2.62. The summed E-state index contributed by atoms with van der Waals surface area (Å²) in [5, 5.41) is 10.6. The van der Waals surface area contributed by atoms with Gasteiger partial charge in [0.15, 0.2) is 0 Å². The zero-order chi connectivity index (χ0) is 22.7. The minimum atomic E-state index is -0.0524. The lowest BCUT2D eigenvalue weighted by molar-refractivity contribution is -0.148. The Hall–Kier alpha value is -0.300. The van der Waals surface area contributed by atoms with Crippen molar-refractivity contribution in [1.29, 1.82) is 0 Å². The first kappa shape index (κ1) is 23.8. The highest BCUT2D eigenvalue weighted by Crippen LogP contribution is 2.68. The van der Waals surface area contributed by atoms with Gasteiger partial charge in [-0.2, -0.15) is 0 Å². The second kappa shape index (κ2) is 8.48. The average Bonchev–Trinajstić information content (AvgIpc) is 3.07. The minimum absolute atomic E-state index is 0.0524. The fraction of sp³-hybridized carbons (Fsp3) is 0.933. The Labute approximate surface area is 193 Å². The smallest absolute Gasteiger partial charge is 0.0568 e. The van der Waals surface area contributed by atoms with Gasteiger partial charge in [-0.3, -0.25) is 0 Å². The van der Waals surface area contributed by atoms with Crippen LogP contribution in [0.3, 0.4) is 0 Å². The van der Waals surface area contributed by atoms with Crippen molar-refractivity contribution in [1.82, 2.24) is 0 Å². The lowest BCUT2D eigenvalue weighted by Crippen LogP contribution is -2.56. The Kier molecular flexibility index (Phi) is 6.53. The van der Waals surface area contributed by atoms with Gasteiger partial charge >= 0.3 is 0 Å². The maximum atomic E-state index is 10.6. The fourth-order valence-corrected chi connectivity index (χ4v) is 9.82. The predicted octanol–water partition coefficient (Wildman–Crippen LogP) is 8.13. The molecule has 0 amide bonds. The summed E-state index contributed by atoms with van der Waals surface area (Å²) in [5.41, 5.74) is 2.64. The number of aliphatic hydroxyl groups excluding tert-OH is 1. The van der Waals surface area contributed by atoms with Crippen molar-refractivity contribution < 1.29 is 5.11 Å². The molecule has 4 rings (SSSR count). The second-order valence-corrected chi connectivity index (χ2v) is 13.6. The van der Waals surface area contributed by atoms with Crippen LogP contribution in [-0.2, 0) is 0 Å². The molecule has 0 aliphatic heterocycles. The van der Waals surface area contributed by atoms with Crippen LogP contribution in [0.4, 0.5) is 0 Å².